The zero-order chi connectivity index (χ0) is 15.9. The fourth-order valence-corrected chi connectivity index (χ4v) is 2.62. The van der Waals surface area contributed by atoms with Gasteiger partial charge in [-0.1, -0.05) is 48.5 Å². The van der Waals surface area contributed by atoms with Crippen molar-refractivity contribution in [1.82, 2.24) is 0 Å². The molecule has 0 bridgehead atoms. The maximum absolute atomic E-state index is 6.25. The van der Waals surface area contributed by atoms with Crippen LogP contribution in [0.2, 0.25) is 0 Å². The maximum Gasteiger partial charge on any atom is 0.125 e. The minimum Gasteiger partial charge on any atom is -0.488 e. The molecule has 0 heterocycles. The number of nitrogens with two attached hydrogens (primary N) is 1. The first-order valence-electron chi connectivity index (χ1n) is 7.76. The van der Waals surface area contributed by atoms with Crippen LogP contribution in [0.3, 0.4) is 0 Å². The molecule has 0 saturated carbocycles. The first-order valence-corrected chi connectivity index (χ1v) is 7.76. The Morgan fingerprint density at radius 2 is 1.74 bits per heavy atom. The molecular weight excluding hydrogens is 306 g/mol. The van der Waals surface area contributed by atoms with Crippen LogP contribution in [0.5, 0.6) is 5.75 Å². The van der Waals surface area contributed by atoms with E-state index in [1.54, 1.807) is 0 Å². The third-order valence-corrected chi connectivity index (χ3v) is 3.82. The highest BCUT2D eigenvalue weighted by molar-refractivity contribution is 5.85. The van der Waals surface area contributed by atoms with E-state index in [-0.39, 0.29) is 18.4 Å². The zero-order valence-corrected chi connectivity index (χ0v) is 14.7. The second-order valence-corrected chi connectivity index (χ2v) is 5.73. The molecule has 0 amide bonds. The summed E-state index contributed by atoms with van der Waals surface area (Å²) in [5.74, 6) is 0.962. The van der Waals surface area contributed by atoms with E-state index >= 15 is 0 Å². The Morgan fingerprint density at radius 1 is 1.13 bits per heavy atom. The number of halogens is 1. The molecule has 0 aliphatic carbocycles. The standard InChI is InChI=1S/C20H25NO.ClH/c1-4-5-11-19(21)18-12-15(2)20(16(3)13-18)22-14-17-9-7-6-8-10-17;/h4,6-10,12-13,19H,1,5,11,14,21H2,2-3H3;1H/t19-;/m0./s1. The fourth-order valence-electron chi connectivity index (χ4n) is 2.62. The van der Waals surface area contributed by atoms with Crippen LogP contribution in [0.1, 0.15) is 41.1 Å². The number of aryl methyl sites for hydroxylation is 2. The number of benzene rings is 2. The van der Waals surface area contributed by atoms with E-state index in [4.69, 9.17) is 10.5 Å². The molecule has 0 radical (unpaired) electrons. The van der Waals surface area contributed by atoms with Crippen molar-refractivity contribution in [3.05, 3.63) is 77.4 Å². The highest BCUT2D eigenvalue weighted by Gasteiger charge is 2.11. The van der Waals surface area contributed by atoms with Crippen molar-refractivity contribution >= 4 is 12.4 Å². The molecule has 0 aliphatic heterocycles. The van der Waals surface area contributed by atoms with E-state index in [1.807, 2.05) is 24.3 Å². The van der Waals surface area contributed by atoms with Gasteiger partial charge in [-0.15, -0.1) is 19.0 Å². The summed E-state index contributed by atoms with van der Waals surface area (Å²) in [6.07, 6.45) is 3.77. The van der Waals surface area contributed by atoms with E-state index in [0.29, 0.717) is 6.61 Å². The molecule has 2 aromatic carbocycles. The van der Waals surface area contributed by atoms with Gasteiger partial charge in [0.05, 0.1) is 0 Å². The minimum absolute atomic E-state index is 0. The van der Waals surface area contributed by atoms with Gasteiger partial charge in [0.1, 0.15) is 12.4 Å². The second kappa shape index (κ2) is 9.39. The predicted molar refractivity (Wildman–Crippen MR) is 100 cm³/mol. The van der Waals surface area contributed by atoms with Crippen LogP contribution in [0, 0.1) is 13.8 Å². The lowest BCUT2D eigenvalue weighted by atomic mass is 9.98. The van der Waals surface area contributed by atoms with Crippen molar-refractivity contribution in [2.75, 3.05) is 0 Å². The number of allylic oxidation sites excluding steroid dienone is 1. The third-order valence-electron chi connectivity index (χ3n) is 3.82. The zero-order valence-electron chi connectivity index (χ0n) is 13.9. The lowest BCUT2D eigenvalue weighted by molar-refractivity contribution is 0.302. The molecule has 0 aliphatic rings. The molecule has 0 fully saturated rings. The predicted octanol–water partition coefficient (Wildman–Crippen LogP) is 5.27. The summed E-state index contributed by atoms with van der Waals surface area (Å²) < 4.78 is 6.01. The molecule has 0 saturated heterocycles. The molecule has 2 rings (SSSR count). The molecule has 2 nitrogen and oxygen atoms in total. The Bertz CT molecular complexity index is 602. The van der Waals surface area contributed by atoms with Gasteiger partial charge in [-0.2, -0.15) is 0 Å². The number of ether oxygens (including phenoxy) is 1. The van der Waals surface area contributed by atoms with Gasteiger partial charge in [0.15, 0.2) is 0 Å². The van der Waals surface area contributed by atoms with Crippen LogP contribution in [-0.4, -0.2) is 0 Å². The van der Waals surface area contributed by atoms with Crippen LogP contribution in [0.15, 0.2) is 55.1 Å². The summed E-state index contributed by atoms with van der Waals surface area (Å²) in [5, 5.41) is 0. The van der Waals surface area contributed by atoms with Crippen LogP contribution in [0.4, 0.5) is 0 Å². The van der Waals surface area contributed by atoms with E-state index in [1.165, 1.54) is 11.1 Å². The topological polar surface area (TPSA) is 35.2 Å². The van der Waals surface area contributed by atoms with Crippen LogP contribution in [-0.2, 0) is 6.61 Å². The van der Waals surface area contributed by atoms with Gasteiger partial charge in [0.25, 0.3) is 0 Å². The normalized spacial score (nSPS) is 11.4. The smallest absolute Gasteiger partial charge is 0.125 e. The van der Waals surface area contributed by atoms with Crippen LogP contribution >= 0.6 is 12.4 Å². The van der Waals surface area contributed by atoms with E-state index in [9.17, 15) is 0 Å². The molecule has 0 spiro atoms. The highest BCUT2D eigenvalue weighted by Crippen LogP contribution is 2.29. The van der Waals surface area contributed by atoms with Crippen molar-refractivity contribution in [3.63, 3.8) is 0 Å². The Balaban J connectivity index is 0.00000264. The molecule has 1 atom stereocenters. The van der Waals surface area contributed by atoms with Gasteiger partial charge < -0.3 is 10.5 Å². The molecule has 0 aromatic heterocycles. The largest absolute Gasteiger partial charge is 0.488 e. The van der Waals surface area contributed by atoms with Crippen molar-refractivity contribution in [3.8, 4) is 5.75 Å². The number of hydrogen-bond acceptors (Lipinski definition) is 2. The van der Waals surface area contributed by atoms with Gasteiger partial charge in [0.2, 0.25) is 0 Å². The van der Waals surface area contributed by atoms with Crippen LogP contribution in [0.25, 0.3) is 0 Å². The molecule has 0 unspecified atom stereocenters. The number of hydrogen-bond donors (Lipinski definition) is 1. The van der Waals surface area contributed by atoms with Gasteiger partial charge in [-0.3, -0.25) is 0 Å². The van der Waals surface area contributed by atoms with Crippen molar-refractivity contribution in [2.45, 2.75) is 39.3 Å². The van der Waals surface area contributed by atoms with E-state index < -0.39 is 0 Å². The first-order chi connectivity index (χ1) is 10.6. The maximum atomic E-state index is 6.25. The molecule has 3 heteroatoms. The summed E-state index contributed by atoms with van der Waals surface area (Å²) in [5.41, 5.74) is 10.9. The van der Waals surface area contributed by atoms with Crippen molar-refractivity contribution in [1.29, 1.82) is 0 Å². The summed E-state index contributed by atoms with van der Waals surface area (Å²) in [7, 11) is 0. The average molecular weight is 332 g/mol. The monoisotopic (exact) mass is 331 g/mol. The second-order valence-electron chi connectivity index (χ2n) is 5.73. The third kappa shape index (κ3) is 5.42. The van der Waals surface area contributed by atoms with Gasteiger partial charge >= 0.3 is 0 Å². The molecule has 124 valence electrons. The summed E-state index contributed by atoms with van der Waals surface area (Å²) in [6.45, 7) is 8.50. The Morgan fingerprint density at radius 3 is 2.30 bits per heavy atom. The fraction of sp³-hybridized carbons (Fsp3) is 0.300. The summed E-state index contributed by atoms with van der Waals surface area (Å²) >= 11 is 0. The lowest BCUT2D eigenvalue weighted by Gasteiger charge is -2.17. The first kappa shape index (κ1) is 19.3. The molecule has 2 N–H and O–H groups in total. The number of rotatable bonds is 7. The summed E-state index contributed by atoms with van der Waals surface area (Å²) in [6, 6.07) is 14.6. The Labute approximate surface area is 145 Å². The van der Waals surface area contributed by atoms with Crippen molar-refractivity contribution < 1.29 is 4.74 Å². The van der Waals surface area contributed by atoms with Gasteiger partial charge in [0, 0.05) is 6.04 Å². The minimum atomic E-state index is 0. The van der Waals surface area contributed by atoms with Gasteiger partial charge in [-0.05, 0) is 48.9 Å². The van der Waals surface area contributed by atoms with E-state index in [0.717, 1.165) is 29.7 Å². The van der Waals surface area contributed by atoms with Crippen LogP contribution < -0.4 is 10.5 Å². The molecule has 2 aromatic rings. The average Bonchev–Trinajstić information content (AvgIpc) is 2.52. The lowest BCUT2D eigenvalue weighted by Crippen LogP contribution is -2.11. The molecular formula is C20H26ClNO. The molecule has 23 heavy (non-hydrogen) atoms. The van der Waals surface area contributed by atoms with E-state index in [2.05, 4.69) is 44.7 Å². The quantitative estimate of drug-likeness (QED) is 0.701. The highest BCUT2D eigenvalue weighted by atomic mass is 35.5. The van der Waals surface area contributed by atoms with Crippen molar-refractivity contribution in [2.24, 2.45) is 5.73 Å². The Kier molecular flexibility index (Phi) is 7.87. The van der Waals surface area contributed by atoms with Gasteiger partial charge in [-0.25, -0.2) is 0 Å². The summed E-state index contributed by atoms with van der Waals surface area (Å²) in [4.78, 5) is 0. The SMILES string of the molecule is C=CCC[C@H](N)c1cc(C)c(OCc2ccccc2)c(C)c1.Cl. The Hall–Kier alpha value is -1.77.